The molecule has 1 unspecified atom stereocenters. The maximum atomic E-state index is 11.8. The molecule has 1 aromatic rings. The van der Waals surface area contributed by atoms with Gasteiger partial charge in [-0.25, -0.2) is 0 Å². The fraction of sp³-hybridized carbons (Fsp3) is 0.267. The fourth-order valence-corrected chi connectivity index (χ4v) is 2.09. The van der Waals surface area contributed by atoms with Crippen LogP contribution < -0.4 is 0 Å². The Bertz CT molecular complexity index is 467. The Balaban J connectivity index is 2.14. The van der Waals surface area contributed by atoms with Crippen molar-refractivity contribution in [2.24, 2.45) is 0 Å². The lowest BCUT2D eigenvalue weighted by Crippen LogP contribution is -2.45. The van der Waals surface area contributed by atoms with Crippen molar-refractivity contribution in [3.63, 3.8) is 0 Å². The molecule has 94 valence electrons. The van der Waals surface area contributed by atoms with Gasteiger partial charge in [-0.05, 0) is 18.1 Å². The third kappa shape index (κ3) is 2.51. The first-order valence-corrected chi connectivity index (χ1v) is 6.04. The van der Waals surface area contributed by atoms with E-state index < -0.39 is 5.72 Å². The summed E-state index contributed by atoms with van der Waals surface area (Å²) in [6.45, 7) is 4.06. The average Bonchev–Trinajstić information content (AvgIpc) is 2.67. The van der Waals surface area contributed by atoms with Crippen LogP contribution in [0.25, 0.3) is 0 Å². The zero-order valence-corrected chi connectivity index (χ0v) is 10.2. The minimum Gasteiger partial charge on any atom is -0.367 e. The SMILES string of the molecule is C=CCCC1(O)C=CC(=O)N1Cc1ccccc1. The molecule has 3 nitrogen and oxygen atoms in total. The minimum absolute atomic E-state index is 0.148. The first-order valence-electron chi connectivity index (χ1n) is 6.04. The minimum atomic E-state index is -1.18. The van der Waals surface area contributed by atoms with Gasteiger partial charge < -0.3 is 10.0 Å². The molecule has 1 amide bonds. The number of amides is 1. The molecule has 0 aromatic heterocycles. The molecule has 1 aliphatic heterocycles. The number of nitrogens with zero attached hydrogens (tertiary/aromatic N) is 1. The van der Waals surface area contributed by atoms with E-state index in [1.807, 2.05) is 30.3 Å². The van der Waals surface area contributed by atoms with Crippen molar-refractivity contribution < 1.29 is 9.90 Å². The summed E-state index contributed by atoms with van der Waals surface area (Å²) in [5.41, 5.74) is -0.173. The number of carbonyl (C=O) groups excluding carboxylic acids is 1. The van der Waals surface area contributed by atoms with E-state index in [0.717, 1.165) is 5.56 Å². The van der Waals surface area contributed by atoms with Gasteiger partial charge in [0.05, 0.1) is 0 Å². The zero-order chi connectivity index (χ0) is 13.0. The summed E-state index contributed by atoms with van der Waals surface area (Å²) in [5.74, 6) is -0.148. The molecule has 0 fully saturated rings. The lowest BCUT2D eigenvalue weighted by Gasteiger charge is -2.33. The highest BCUT2D eigenvalue weighted by molar-refractivity contribution is 5.91. The van der Waals surface area contributed by atoms with E-state index in [-0.39, 0.29) is 5.91 Å². The van der Waals surface area contributed by atoms with Gasteiger partial charge in [0, 0.05) is 19.0 Å². The average molecular weight is 243 g/mol. The zero-order valence-electron chi connectivity index (χ0n) is 10.2. The maximum absolute atomic E-state index is 11.8. The van der Waals surface area contributed by atoms with Gasteiger partial charge in [0.2, 0.25) is 5.91 Å². The number of aliphatic hydroxyl groups is 1. The monoisotopic (exact) mass is 243 g/mol. The summed E-state index contributed by atoms with van der Waals surface area (Å²) >= 11 is 0. The molecule has 1 heterocycles. The molecule has 1 aliphatic rings. The van der Waals surface area contributed by atoms with Crippen LogP contribution in [0, 0.1) is 0 Å². The summed E-state index contributed by atoms with van der Waals surface area (Å²) in [6.07, 6.45) is 5.90. The van der Waals surface area contributed by atoms with Crippen LogP contribution in [0.2, 0.25) is 0 Å². The Morgan fingerprint density at radius 1 is 1.33 bits per heavy atom. The van der Waals surface area contributed by atoms with Crippen LogP contribution in [0.15, 0.2) is 55.1 Å². The van der Waals surface area contributed by atoms with Gasteiger partial charge in [0.25, 0.3) is 0 Å². The largest absolute Gasteiger partial charge is 0.367 e. The molecule has 0 bridgehead atoms. The van der Waals surface area contributed by atoms with Crippen molar-refractivity contribution >= 4 is 5.91 Å². The van der Waals surface area contributed by atoms with Gasteiger partial charge in [-0.2, -0.15) is 0 Å². The fourth-order valence-electron chi connectivity index (χ4n) is 2.09. The van der Waals surface area contributed by atoms with Gasteiger partial charge >= 0.3 is 0 Å². The normalized spacial score (nSPS) is 22.5. The molecule has 0 spiro atoms. The van der Waals surface area contributed by atoms with E-state index in [4.69, 9.17) is 0 Å². The Hall–Kier alpha value is -1.87. The van der Waals surface area contributed by atoms with Crippen molar-refractivity contribution in [2.45, 2.75) is 25.1 Å². The van der Waals surface area contributed by atoms with Gasteiger partial charge in [-0.1, -0.05) is 36.4 Å². The number of carbonyl (C=O) groups is 1. The number of hydrogen-bond acceptors (Lipinski definition) is 2. The second-order valence-electron chi connectivity index (χ2n) is 4.45. The van der Waals surface area contributed by atoms with Crippen LogP contribution in [-0.2, 0) is 11.3 Å². The molecule has 1 N–H and O–H groups in total. The summed E-state index contributed by atoms with van der Waals surface area (Å²) in [4.78, 5) is 13.3. The van der Waals surface area contributed by atoms with Gasteiger partial charge in [0.15, 0.2) is 5.72 Å². The quantitative estimate of drug-likeness (QED) is 0.806. The molecule has 0 radical (unpaired) electrons. The van der Waals surface area contributed by atoms with Gasteiger partial charge in [-0.3, -0.25) is 4.79 Å². The predicted octanol–water partition coefficient (Wildman–Crippen LogP) is 2.24. The third-order valence-corrected chi connectivity index (χ3v) is 3.13. The second kappa shape index (κ2) is 5.19. The first-order chi connectivity index (χ1) is 8.65. The molecule has 1 aromatic carbocycles. The van der Waals surface area contributed by atoms with Crippen LogP contribution >= 0.6 is 0 Å². The number of allylic oxidation sites excluding steroid dienone is 1. The van der Waals surface area contributed by atoms with Crippen LogP contribution in [0.1, 0.15) is 18.4 Å². The summed E-state index contributed by atoms with van der Waals surface area (Å²) < 4.78 is 0. The Labute approximate surface area is 107 Å². The summed E-state index contributed by atoms with van der Waals surface area (Å²) in [7, 11) is 0. The maximum Gasteiger partial charge on any atom is 0.249 e. The molecule has 0 saturated carbocycles. The second-order valence-corrected chi connectivity index (χ2v) is 4.45. The van der Waals surface area contributed by atoms with Crippen LogP contribution in [-0.4, -0.2) is 21.6 Å². The summed E-state index contributed by atoms with van der Waals surface area (Å²) in [6, 6.07) is 9.66. The van der Waals surface area contributed by atoms with E-state index in [0.29, 0.717) is 19.4 Å². The molecule has 0 saturated heterocycles. The van der Waals surface area contributed by atoms with Crippen molar-refractivity contribution in [1.29, 1.82) is 0 Å². The molecule has 2 rings (SSSR count). The molecule has 3 heteroatoms. The van der Waals surface area contributed by atoms with Crippen molar-refractivity contribution in [3.8, 4) is 0 Å². The van der Waals surface area contributed by atoms with Crippen molar-refractivity contribution in [1.82, 2.24) is 4.90 Å². The molecular formula is C15H17NO2. The van der Waals surface area contributed by atoms with Gasteiger partial charge in [-0.15, -0.1) is 6.58 Å². The van der Waals surface area contributed by atoms with E-state index >= 15 is 0 Å². The predicted molar refractivity (Wildman–Crippen MR) is 70.5 cm³/mol. The molecular weight excluding hydrogens is 226 g/mol. The Morgan fingerprint density at radius 2 is 2.06 bits per heavy atom. The molecule has 1 atom stereocenters. The van der Waals surface area contributed by atoms with E-state index in [9.17, 15) is 9.90 Å². The van der Waals surface area contributed by atoms with Crippen LogP contribution in [0.4, 0.5) is 0 Å². The number of hydrogen-bond donors (Lipinski definition) is 1. The lowest BCUT2D eigenvalue weighted by molar-refractivity contribution is -0.143. The van der Waals surface area contributed by atoms with E-state index in [1.54, 1.807) is 12.2 Å². The Morgan fingerprint density at radius 3 is 2.72 bits per heavy atom. The van der Waals surface area contributed by atoms with Crippen molar-refractivity contribution in [2.75, 3.05) is 0 Å². The highest BCUT2D eigenvalue weighted by Crippen LogP contribution is 2.28. The van der Waals surface area contributed by atoms with Gasteiger partial charge in [0.1, 0.15) is 0 Å². The standard InChI is InChI=1S/C15H17NO2/c1-2-3-10-15(18)11-9-14(17)16(15)12-13-7-5-4-6-8-13/h2,4-9,11,18H,1,3,10,12H2. The highest BCUT2D eigenvalue weighted by atomic mass is 16.3. The smallest absolute Gasteiger partial charge is 0.249 e. The summed E-state index contributed by atoms with van der Waals surface area (Å²) in [5, 5.41) is 10.5. The number of benzene rings is 1. The third-order valence-electron chi connectivity index (χ3n) is 3.13. The van der Waals surface area contributed by atoms with E-state index in [2.05, 4.69) is 6.58 Å². The highest BCUT2D eigenvalue weighted by Gasteiger charge is 2.38. The lowest BCUT2D eigenvalue weighted by atomic mass is 10.1. The Kier molecular flexibility index (Phi) is 3.63. The topological polar surface area (TPSA) is 40.5 Å². The van der Waals surface area contributed by atoms with Crippen molar-refractivity contribution in [3.05, 3.63) is 60.7 Å². The number of rotatable bonds is 5. The molecule has 0 aliphatic carbocycles. The molecule has 18 heavy (non-hydrogen) atoms. The van der Waals surface area contributed by atoms with Crippen LogP contribution in [0.5, 0.6) is 0 Å². The van der Waals surface area contributed by atoms with E-state index in [1.165, 1.54) is 11.0 Å². The first kappa shape index (κ1) is 12.6. The van der Waals surface area contributed by atoms with Crippen LogP contribution in [0.3, 0.4) is 0 Å².